The molecule has 0 radical (unpaired) electrons. The molecule has 10 nitrogen and oxygen atoms in total. The summed E-state index contributed by atoms with van der Waals surface area (Å²) in [6.45, 7) is 0.789. The minimum absolute atomic E-state index is 0.248. The van der Waals surface area contributed by atoms with Crippen LogP contribution in [-0.4, -0.2) is 112 Å². The Hall–Kier alpha value is -0.400. The van der Waals surface area contributed by atoms with Crippen LogP contribution >= 0.6 is 0 Å². The van der Waals surface area contributed by atoms with Crippen molar-refractivity contribution >= 4 is 0 Å². The number of hydrogen-bond acceptors (Lipinski definition) is 10. The third-order valence-electron chi connectivity index (χ3n) is 4.47. The fourth-order valence-corrected chi connectivity index (χ4v) is 2.93. The first kappa shape index (κ1) is 19.9. The van der Waals surface area contributed by atoms with Gasteiger partial charge in [-0.15, -0.1) is 0 Å². The van der Waals surface area contributed by atoms with Gasteiger partial charge in [0.05, 0.1) is 19.3 Å². The van der Waals surface area contributed by atoms with Crippen LogP contribution in [0.4, 0.5) is 0 Å². The molecule has 4 unspecified atom stereocenters. The molecule has 2 saturated heterocycles. The lowest BCUT2D eigenvalue weighted by Crippen LogP contribution is -2.61. The van der Waals surface area contributed by atoms with Crippen LogP contribution in [-0.2, 0) is 18.9 Å². The molecule has 0 aromatic rings. The first-order valence-electron chi connectivity index (χ1n) is 7.78. The van der Waals surface area contributed by atoms with Crippen LogP contribution in [0.25, 0.3) is 0 Å². The third-order valence-corrected chi connectivity index (χ3v) is 4.47. The predicted molar refractivity (Wildman–Crippen MR) is 76.9 cm³/mol. The maximum atomic E-state index is 10.1. The molecular formula is C14H26O10. The van der Waals surface area contributed by atoms with E-state index >= 15 is 0 Å². The molecular weight excluding hydrogens is 328 g/mol. The van der Waals surface area contributed by atoms with Gasteiger partial charge in [-0.2, -0.15) is 0 Å². The van der Waals surface area contributed by atoms with E-state index in [0.29, 0.717) is 0 Å². The number of methoxy groups -OCH3 is 1. The Balaban J connectivity index is 1.97. The lowest BCUT2D eigenvalue weighted by atomic mass is 9.96. The van der Waals surface area contributed by atoms with Crippen LogP contribution < -0.4 is 0 Å². The highest BCUT2D eigenvalue weighted by atomic mass is 16.7. The number of aliphatic hydroxyl groups is 6. The van der Waals surface area contributed by atoms with Gasteiger partial charge in [-0.1, -0.05) is 0 Å². The number of ether oxygens (including phenoxy) is 4. The molecule has 6 N–H and O–H groups in total. The van der Waals surface area contributed by atoms with Gasteiger partial charge in [-0.25, -0.2) is 0 Å². The van der Waals surface area contributed by atoms with Gasteiger partial charge < -0.3 is 49.6 Å². The largest absolute Gasteiger partial charge is 0.394 e. The van der Waals surface area contributed by atoms with Crippen LogP contribution in [0, 0.1) is 0 Å². The van der Waals surface area contributed by atoms with Crippen molar-refractivity contribution in [3.63, 3.8) is 0 Å². The van der Waals surface area contributed by atoms with Crippen molar-refractivity contribution in [3.05, 3.63) is 0 Å². The molecule has 0 aromatic heterocycles. The summed E-state index contributed by atoms with van der Waals surface area (Å²) in [5.74, 6) is 0. The molecule has 0 aliphatic carbocycles. The Morgan fingerprint density at radius 1 is 0.833 bits per heavy atom. The normalized spacial score (nSPS) is 50.0. The first-order chi connectivity index (χ1) is 11.3. The van der Waals surface area contributed by atoms with Gasteiger partial charge in [-0.05, 0) is 6.92 Å². The van der Waals surface area contributed by atoms with Gasteiger partial charge in [0.2, 0.25) is 0 Å². The third kappa shape index (κ3) is 3.88. The fraction of sp³-hybridized carbons (Fsp3) is 1.00. The van der Waals surface area contributed by atoms with Crippen molar-refractivity contribution in [3.8, 4) is 0 Å². The van der Waals surface area contributed by atoms with Crippen LogP contribution in [0.3, 0.4) is 0 Å². The molecule has 2 aliphatic rings. The SMILES string of the molecule is CO[C@@H]1C(O)[C@H](OCC2O[C@@H](C)C(O)[C@@H](O)[C@H]2O)OC(CO)[C@@H]1O. The summed E-state index contributed by atoms with van der Waals surface area (Å²) in [5.41, 5.74) is 0. The molecule has 2 heterocycles. The predicted octanol–water partition coefficient (Wildman–Crippen LogP) is -3.67. The van der Waals surface area contributed by atoms with Gasteiger partial charge in [0.1, 0.15) is 48.8 Å². The van der Waals surface area contributed by atoms with E-state index in [1.807, 2.05) is 0 Å². The maximum absolute atomic E-state index is 10.1. The monoisotopic (exact) mass is 354 g/mol. The molecule has 24 heavy (non-hydrogen) atoms. The highest BCUT2D eigenvalue weighted by molar-refractivity contribution is 4.92. The van der Waals surface area contributed by atoms with E-state index in [1.54, 1.807) is 0 Å². The van der Waals surface area contributed by atoms with E-state index in [4.69, 9.17) is 18.9 Å². The number of hydrogen-bond donors (Lipinski definition) is 6. The van der Waals surface area contributed by atoms with Crippen molar-refractivity contribution in [2.75, 3.05) is 20.3 Å². The van der Waals surface area contributed by atoms with Crippen LogP contribution in [0.1, 0.15) is 6.92 Å². The van der Waals surface area contributed by atoms with Crippen molar-refractivity contribution in [2.45, 2.75) is 68.1 Å². The number of rotatable bonds is 5. The average Bonchev–Trinajstić information content (AvgIpc) is 2.57. The van der Waals surface area contributed by atoms with Crippen LogP contribution in [0.2, 0.25) is 0 Å². The first-order valence-corrected chi connectivity index (χ1v) is 7.78. The minimum atomic E-state index is -1.39. The van der Waals surface area contributed by atoms with E-state index in [1.165, 1.54) is 14.0 Å². The summed E-state index contributed by atoms with van der Waals surface area (Å²) in [6, 6.07) is 0. The molecule has 142 valence electrons. The number of aliphatic hydroxyl groups excluding tert-OH is 6. The molecule has 2 rings (SSSR count). The molecule has 0 bridgehead atoms. The molecule has 0 amide bonds. The highest BCUT2D eigenvalue weighted by Gasteiger charge is 2.47. The average molecular weight is 354 g/mol. The van der Waals surface area contributed by atoms with Crippen molar-refractivity contribution < 1.29 is 49.6 Å². The Labute approximate surface area is 139 Å². The molecule has 0 spiro atoms. The minimum Gasteiger partial charge on any atom is -0.394 e. The Kier molecular flexibility index (Phi) is 6.90. The van der Waals surface area contributed by atoms with Gasteiger partial charge in [0.25, 0.3) is 0 Å². The maximum Gasteiger partial charge on any atom is 0.186 e. The smallest absolute Gasteiger partial charge is 0.186 e. The summed E-state index contributed by atoms with van der Waals surface area (Å²) in [5, 5.41) is 58.6. The fourth-order valence-electron chi connectivity index (χ4n) is 2.93. The standard InChI is InChI=1S/C14H26O10/c1-5-8(16)11(19)9(17)7(23-5)4-22-14-12(20)13(21-2)10(18)6(3-15)24-14/h5-20H,3-4H2,1-2H3/t5-,6?,7?,8?,9-,10-,11+,12?,13-,14+/m0/s1. The highest BCUT2D eigenvalue weighted by Crippen LogP contribution is 2.26. The Bertz CT molecular complexity index is 396. The molecule has 0 saturated carbocycles. The van der Waals surface area contributed by atoms with E-state index in [2.05, 4.69) is 0 Å². The molecule has 10 atom stereocenters. The Morgan fingerprint density at radius 3 is 2.08 bits per heavy atom. The molecule has 2 fully saturated rings. The quantitative estimate of drug-likeness (QED) is 0.290. The lowest BCUT2D eigenvalue weighted by molar-refractivity contribution is -0.316. The lowest BCUT2D eigenvalue weighted by Gasteiger charge is -2.43. The summed E-state index contributed by atoms with van der Waals surface area (Å²) >= 11 is 0. The topological polar surface area (TPSA) is 158 Å². The summed E-state index contributed by atoms with van der Waals surface area (Å²) in [4.78, 5) is 0. The van der Waals surface area contributed by atoms with Crippen molar-refractivity contribution in [2.24, 2.45) is 0 Å². The second-order valence-electron chi connectivity index (χ2n) is 6.09. The zero-order chi connectivity index (χ0) is 18.0. The van der Waals surface area contributed by atoms with E-state index < -0.39 is 67.8 Å². The van der Waals surface area contributed by atoms with Crippen molar-refractivity contribution in [1.29, 1.82) is 0 Å². The second kappa shape index (κ2) is 8.32. The van der Waals surface area contributed by atoms with E-state index in [-0.39, 0.29) is 6.61 Å². The van der Waals surface area contributed by atoms with Crippen LogP contribution in [0.15, 0.2) is 0 Å². The zero-order valence-electron chi connectivity index (χ0n) is 13.5. The zero-order valence-corrected chi connectivity index (χ0v) is 13.5. The second-order valence-corrected chi connectivity index (χ2v) is 6.09. The Morgan fingerprint density at radius 2 is 1.50 bits per heavy atom. The molecule has 0 aromatic carbocycles. The van der Waals surface area contributed by atoms with E-state index in [0.717, 1.165) is 0 Å². The van der Waals surface area contributed by atoms with Gasteiger partial charge in [0.15, 0.2) is 6.29 Å². The summed E-state index contributed by atoms with van der Waals surface area (Å²) in [6.07, 6.45) is -11.5. The van der Waals surface area contributed by atoms with E-state index in [9.17, 15) is 30.6 Å². The van der Waals surface area contributed by atoms with Crippen LogP contribution in [0.5, 0.6) is 0 Å². The summed E-state index contributed by atoms with van der Waals surface area (Å²) in [7, 11) is 1.29. The summed E-state index contributed by atoms with van der Waals surface area (Å²) < 4.78 is 21.1. The van der Waals surface area contributed by atoms with Gasteiger partial charge >= 0.3 is 0 Å². The molecule has 10 heteroatoms. The van der Waals surface area contributed by atoms with Crippen molar-refractivity contribution in [1.82, 2.24) is 0 Å². The molecule has 2 aliphatic heterocycles. The van der Waals surface area contributed by atoms with Gasteiger partial charge in [-0.3, -0.25) is 0 Å². The van der Waals surface area contributed by atoms with Gasteiger partial charge in [0, 0.05) is 7.11 Å².